The maximum atomic E-state index is 4.63. The summed E-state index contributed by atoms with van der Waals surface area (Å²) in [5.74, 6) is 0. The van der Waals surface area contributed by atoms with Crippen LogP contribution in [0.1, 0.15) is 48.9 Å². The lowest BCUT2D eigenvalue weighted by molar-refractivity contribution is 0.213. The van der Waals surface area contributed by atoms with E-state index in [1.165, 1.54) is 74.9 Å². The van der Waals surface area contributed by atoms with Crippen LogP contribution in [-0.4, -0.2) is 29.0 Å². The lowest BCUT2D eigenvalue weighted by atomic mass is 9.92. The molecule has 18 heavy (non-hydrogen) atoms. The Balaban J connectivity index is 1.73. The lowest BCUT2D eigenvalue weighted by Crippen LogP contribution is -2.34. The zero-order valence-corrected chi connectivity index (χ0v) is 11.5. The third-order valence-corrected chi connectivity index (χ3v) is 4.55. The van der Waals surface area contributed by atoms with Crippen LogP contribution >= 0.6 is 0 Å². The van der Waals surface area contributed by atoms with Gasteiger partial charge in [0.25, 0.3) is 0 Å². The molecule has 2 nitrogen and oxygen atoms in total. The van der Waals surface area contributed by atoms with Gasteiger partial charge in [0.15, 0.2) is 0 Å². The van der Waals surface area contributed by atoms with Gasteiger partial charge >= 0.3 is 0 Å². The number of aromatic nitrogens is 1. The van der Waals surface area contributed by atoms with Crippen molar-refractivity contribution in [2.24, 2.45) is 0 Å². The molecule has 1 aliphatic carbocycles. The second-order valence-corrected chi connectivity index (χ2v) is 5.95. The number of fused-ring (bicyclic) bond motifs is 1. The quantitative estimate of drug-likeness (QED) is 0.754. The highest BCUT2D eigenvalue weighted by atomic mass is 15.2. The van der Waals surface area contributed by atoms with Gasteiger partial charge in [0.2, 0.25) is 0 Å². The van der Waals surface area contributed by atoms with Crippen LogP contribution in [0.15, 0.2) is 12.3 Å². The number of rotatable bonds is 1. The molecule has 1 aromatic heterocycles. The van der Waals surface area contributed by atoms with E-state index in [1.54, 1.807) is 0 Å². The third-order valence-electron chi connectivity index (χ3n) is 4.55. The van der Waals surface area contributed by atoms with Crippen LogP contribution in [0.4, 0.5) is 0 Å². The molecule has 1 atom stereocenters. The van der Waals surface area contributed by atoms with E-state index in [2.05, 4.69) is 22.9 Å². The molecule has 0 saturated carbocycles. The molecule has 98 valence electrons. The van der Waals surface area contributed by atoms with Crippen LogP contribution < -0.4 is 0 Å². The van der Waals surface area contributed by atoms with E-state index in [0.29, 0.717) is 0 Å². The molecule has 0 aromatic carbocycles. The molecule has 0 spiro atoms. The van der Waals surface area contributed by atoms with Crippen molar-refractivity contribution in [2.75, 3.05) is 13.1 Å². The molecular weight excluding hydrogens is 220 g/mol. The molecule has 2 heterocycles. The summed E-state index contributed by atoms with van der Waals surface area (Å²) in [4.78, 5) is 7.36. The maximum absolute atomic E-state index is 4.63. The number of pyridine rings is 1. The highest BCUT2D eigenvalue weighted by Crippen LogP contribution is 2.24. The van der Waals surface area contributed by atoms with Crippen LogP contribution in [0.3, 0.4) is 0 Å². The van der Waals surface area contributed by atoms with Gasteiger partial charge in [0.05, 0.1) is 0 Å². The molecule has 0 N–H and O–H groups in total. The zero-order chi connectivity index (χ0) is 12.4. The molecular formula is C16H24N2. The Bertz CT molecular complexity index is 408. The van der Waals surface area contributed by atoms with E-state index in [1.807, 2.05) is 6.20 Å². The zero-order valence-electron chi connectivity index (χ0n) is 11.5. The number of nitrogens with zero attached hydrogens (tertiary/aromatic N) is 2. The van der Waals surface area contributed by atoms with Crippen LogP contribution in [0.25, 0.3) is 0 Å². The smallest absolute Gasteiger partial charge is 0.0435 e. The van der Waals surface area contributed by atoms with Crippen molar-refractivity contribution in [2.45, 2.75) is 57.9 Å². The monoisotopic (exact) mass is 244 g/mol. The van der Waals surface area contributed by atoms with Gasteiger partial charge < -0.3 is 4.90 Å². The predicted octanol–water partition coefficient (Wildman–Crippen LogP) is 3.12. The lowest BCUT2D eigenvalue weighted by Gasteiger charge is -2.29. The summed E-state index contributed by atoms with van der Waals surface area (Å²) in [6.45, 7) is 4.83. The number of likely N-dealkylation sites (tertiary alicyclic amines) is 1. The van der Waals surface area contributed by atoms with Crippen molar-refractivity contribution in [1.82, 2.24) is 9.88 Å². The molecule has 1 unspecified atom stereocenters. The molecule has 0 amide bonds. The number of hydrogen-bond donors (Lipinski definition) is 0. The first-order valence-corrected chi connectivity index (χ1v) is 7.51. The molecule has 3 rings (SSSR count). The van der Waals surface area contributed by atoms with Gasteiger partial charge in [0, 0.05) is 17.9 Å². The minimum absolute atomic E-state index is 0.834. The molecule has 1 saturated heterocycles. The fourth-order valence-corrected chi connectivity index (χ4v) is 3.54. The molecule has 2 heteroatoms. The second-order valence-electron chi connectivity index (χ2n) is 5.95. The van der Waals surface area contributed by atoms with E-state index in [0.717, 1.165) is 6.04 Å². The Morgan fingerprint density at radius 1 is 1.11 bits per heavy atom. The van der Waals surface area contributed by atoms with Crippen molar-refractivity contribution in [3.8, 4) is 0 Å². The maximum Gasteiger partial charge on any atom is 0.0435 e. The van der Waals surface area contributed by atoms with Gasteiger partial charge in [0.1, 0.15) is 0 Å². The molecule has 1 fully saturated rings. The predicted molar refractivity (Wildman–Crippen MR) is 74.8 cm³/mol. The largest absolute Gasteiger partial charge is 0.300 e. The molecule has 0 radical (unpaired) electrons. The topological polar surface area (TPSA) is 16.1 Å². The Kier molecular flexibility index (Phi) is 3.64. The Hall–Kier alpha value is -0.890. The van der Waals surface area contributed by atoms with E-state index >= 15 is 0 Å². The van der Waals surface area contributed by atoms with Crippen LogP contribution in [-0.2, 0) is 12.8 Å². The van der Waals surface area contributed by atoms with Crippen molar-refractivity contribution in [1.29, 1.82) is 0 Å². The van der Waals surface area contributed by atoms with E-state index in [9.17, 15) is 0 Å². The van der Waals surface area contributed by atoms with Crippen molar-refractivity contribution >= 4 is 0 Å². The summed E-state index contributed by atoms with van der Waals surface area (Å²) < 4.78 is 0. The first-order valence-electron chi connectivity index (χ1n) is 7.51. The first kappa shape index (κ1) is 12.2. The average molecular weight is 244 g/mol. The van der Waals surface area contributed by atoms with E-state index in [4.69, 9.17) is 0 Å². The summed E-state index contributed by atoms with van der Waals surface area (Å²) in [6.07, 6.45) is 11.3. The summed E-state index contributed by atoms with van der Waals surface area (Å²) in [5.41, 5.74) is 4.19. The van der Waals surface area contributed by atoms with Gasteiger partial charge in [-0.05, 0) is 76.1 Å². The first-order chi connectivity index (χ1) is 8.83. The van der Waals surface area contributed by atoms with Gasteiger partial charge in [-0.15, -0.1) is 0 Å². The van der Waals surface area contributed by atoms with Crippen molar-refractivity contribution < 1.29 is 0 Å². The van der Waals surface area contributed by atoms with Crippen LogP contribution in [0.5, 0.6) is 0 Å². The Morgan fingerprint density at radius 2 is 1.94 bits per heavy atom. The SMILES string of the molecule is Cc1cnc2c(c1)CCC(N1CCCC1)CCC2. The number of hydrogen-bond acceptors (Lipinski definition) is 2. The van der Waals surface area contributed by atoms with Gasteiger partial charge in [-0.3, -0.25) is 4.98 Å². The molecule has 1 aliphatic heterocycles. The van der Waals surface area contributed by atoms with Crippen molar-refractivity contribution in [3.63, 3.8) is 0 Å². The third kappa shape index (κ3) is 2.59. The minimum Gasteiger partial charge on any atom is -0.300 e. The Labute approximate surface area is 110 Å². The highest BCUT2D eigenvalue weighted by molar-refractivity contribution is 5.25. The fraction of sp³-hybridized carbons (Fsp3) is 0.688. The fourth-order valence-electron chi connectivity index (χ4n) is 3.54. The summed E-state index contributed by atoms with van der Waals surface area (Å²) in [5, 5.41) is 0. The Morgan fingerprint density at radius 3 is 2.78 bits per heavy atom. The van der Waals surface area contributed by atoms with Gasteiger partial charge in [-0.25, -0.2) is 0 Å². The van der Waals surface area contributed by atoms with E-state index in [-0.39, 0.29) is 0 Å². The average Bonchev–Trinajstić information content (AvgIpc) is 2.85. The van der Waals surface area contributed by atoms with Crippen molar-refractivity contribution in [3.05, 3.63) is 29.1 Å². The highest BCUT2D eigenvalue weighted by Gasteiger charge is 2.23. The van der Waals surface area contributed by atoms with Gasteiger partial charge in [-0.1, -0.05) is 6.07 Å². The molecule has 2 aliphatic rings. The van der Waals surface area contributed by atoms with Crippen LogP contribution in [0, 0.1) is 6.92 Å². The summed E-state index contributed by atoms with van der Waals surface area (Å²) in [6, 6.07) is 3.19. The number of aryl methyl sites for hydroxylation is 3. The minimum atomic E-state index is 0.834. The molecule has 0 bridgehead atoms. The normalized spacial score (nSPS) is 25.5. The summed E-state index contributed by atoms with van der Waals surface area (Å²) in [7, 11) is 0. The van der Waals surface area contributed by atoms with Gasteiger partial charge in [-0.2, -0.15) is 0 Å². The van der Waals surface area contributed by atoms with E-state index < -0.39 is 0 Å². The second kappa shape index (κ2) is 5.40. The molecule has 1 aromatic rings. The van der Waals surface area contributed by atoms with Crippen LogP contribution in [0.2, 0.25) is 0 Å². The standard InChI is InChI=1S/C16H24N2/c1-13-11-14-7-8-15(18-9-2-3-10-18)5-4-6-16(14)17-12-13/h11-12,15H,2-10H2,1H3. The summed E-state index contributed by atoms with van der Waals surface area (Å²) >= 11 is 0.